The van der Waals surface area contributed by atoms with E-state index in [1.165, 1.54) is 77.0 Å². The fraction of sp³-hybridized carbons (Fsp3) is 0.864. The summed E-state index contributed by atoms with van der Waals surface area (Å²) >= 11 is 0. The van der Waals surface area contributed by atoms with Gasteiger partial charge in [-0.25, -0.2) is 0 Å². The zero-order valence-electron chi connectivity index (χ0n) is 17.6. The van der Waals surface area contributed by atoms with Gasteiger partial charge in [-0.2, -0.15) is 0 Å². The third-order valence-electron chi connectivity index (χ3n) is 4.31. The molecular weight excluding hydrogens is 324 g/mol. The monoisotopic (exact) mass is 368 g/mol. The van der Waals surface area contributed by atoms with Crippen molar-refractivity contribution in [2.24, 2.45) is 0 Å². The maximum atomic E-state index is 11.6. The molecule has 0 aliphatic heterocycles. The maximum absolute atomic E-state index is 11.6. The summed E-state index contributed by atoms with van der Waals surface area (Å²) in [5, 5.41) is 0. The number of rotatable bonds is 17. The van der Waals surface area contributed by atoms with Crippen LogP contribution in [0, 0.1) is 0 Å². The van der Waals surface area contributed by atoms with Gasteiger partial charge in [0.2, 0.25) is 8.32 Å². The van der Waals surface area contributed by atoms with Crippen molar-refractivity contribution in [3.8, 4) is 0 Å². The average Bonchev–Trinajstić information content (AvgIpc) is 2.53. The highest BCUT2D eigenvalue weighted by Crippen LogP contribution is 2.12. The van der Waals surface area contributed by atoms with Crippen LogP contribution in [0.4, 0.5) is 0 Å². The lowest BCUT2D eigenvalue weighted by atomic mass is 10.1. The van der Waals surface area contributed by atoms with Gasteiger partial charge in [0.25, 0.3) is 5.97 Å². The Morgan fingerprint density at radius 1 is 0.720 bits per heavy atom. The zero-order valence-corrected chi connectivity index (χ0v) is 18.6. The number of carbonyl (C=O) groups excluding carboxylic acids is 1. The number of hydrogen-bond donors (Lipinski definition) is 0. The van der Waals surface area contributed by atoms with Gasteiger partial charge in [-0.1, -0.05) is 76.9 Å². The van der Waals surface area contributed by atoms with Gasteiger partial charge >= 0.3 is 0 Å². The molecule has 0 fully saturated rings. The molecule has 0 aromatic heterocycles. The summed E-state index contributed by atoms with van der Waals surface area (Å²) < 4.78 is 5.45. The lowest BCUT2D eigenvalue weighted by molar-refractivity contribution is -0.135. The first-order valence-corrected chi connectivity index (χ1v) is 14.2. The number of allylic oxidation sites excluding steroid dienone is 2. The summed E-state index contributed by atoms with van der Waals surface area (Å²) in [6, 6.07) is 0. The van der Waals surface area contributed by atoms with Crippen LogP contribution in [0.1, 0.15) is 103 Å². The van der Waals surface area contributed by atoms with Crippen LogP contribution in [-0.2, 0) is 9.22 Å². The van der Waals surface area contributed by atoms with Crippen LogP contribution < -0.4 is 0 Å². The molecule has 0 atom stereocenters. The van der Waals surface area contributed by atoms with Gasteiger partial charge in [-0.15, -0.1) is 0 Å². The number of hydrogen-bond acceptors (Lipinski definition) is 2. The second kappa shape index (κ2) is 16.9. The Balaban J connectivity index is 3.23. The van der Waals surface area contributed by atoms with E-state index in [1.807, 2.05) is 0 Å². The van der Waals surface area contributed by atoms with Crippen molar-refractivity contribution < 1.29 is 9.22 Å². The van der Waals surface area contributed by atoms with E-state index in [4.69, 9.17) is 4.43 Å². The van der Waals surface area contributed by atoms with Crippen molar-refractivity contribution in [1.82, 2.24) is 0 Å². The molecule has 0 unspecified atom stereocenters. The Bertz CT molecular complexity index is 331. The van der Waals surface area contributed by atoms with E-state index in [2.05, 4.69) is 38.7 Å². The minimum Gasteiger partial charge on any atom is -0.520 e. The van der Waals surface area contributed by atoms with Crippen molar-refractivity contribution in [2.75, 3.05) is 0 Å². The van der Waals surface area contributed by atoms with Crippen LogP contribution in [0.5, 0.6) is 0 Å². The summed E-state index contributed by atoms with van der Waals surface area (Å²) in [6.45, 7) is 8.46. The molecule has 0 N–H and O–H groups in total. The second-order valence-electron chi connectivity index (χ2n) is 8.27. The fourth-order valence-electron chi connectivity index (χ4n) is 2.91. The molecule has 25 heavy (non-hydrogen) atoms. The summed E-state index contributed by atoms with van der Waals surface area (Å²) in [4.78, 5) is 11.6. The number of carbonyl (C=O) groups is 1. The van der Waals surface area contributed by atoms with E-state index >= 15 is 0 Å². The Kier molecular flexibility index (Phi) is 16.5. The lowest BCUT2D eigenvalue weighted by Gasteiger charge is -2.17. The highest BCUT2D eigenvalue weighted by atomic mass is 28.4. The Morgan fingerprint density at radius 2 is 1.16 bits per heavy atom. The van der Waals surface area contributed by atoms with Crippen LogP contribution in [0.25, 0.3) is 0 Å². The van der Waals surface area contributed by atoms with E-state index in [9.17, 15) is 4.79 Å². The topological polar surface area (TPSA) is 26.3 Å². The fourth-order valence-corrected chi connectivity index (χ4v) is 3.69. The molecule has 0 radical (unpaired) electrons. The van der Waals surface area contributed by atoms with E-state index in [0.29, 0.717) is 6.42 Å². The van der Waals surface area contributed by atoms with Crippen LogP contribution in [0.15, 0.2) is 12.2 Å². The predicted molar refractivity (Wildman–Crippen MR) is 114 cm³/mol. The van der Waals surface area contributed by atoms with Gasteiger partial charge in [0.1, 0.15) is 0 Å². The smallest absolute Gasteiger partial charge is 0.292 e. The molecule has 0 bridgehead atoms. The Morgan fingerprint density at radius 3 is 1.64 bits per heavy atom. The highest BCUT2D eigenvalue weighted by Gasteiger charge is 2.19. The third kappa shape index (κ3) is 21.4. The van der Waals surface area contributed by atoms with Crippen molar-refractivity contribution in [3.05, 3.63) is 12.2 Å². The minimum atomic E-state index is -1.69. The lowest BCUT2D eigenvalue weighted by Crippen LogP contribution is -2.28. The molecule has 0 aromatic carbocycles. The first kappa shape index (κ1) is 24.4. The molecule has 2 nitrogen and oxygen atoms in total. The summed E-state index contributed by atoms with van der Waals surface area (Å²) in [5.74, 6) is 0.00895. The predicted octanol–water partition coefficient (Wildman–Crippen LogP) is 7.79. The highest BCUT2D eigenvalue weighted by molar-refractivity contribution is 6.71. The first-order valence-electron chi connectivity index (χ1n) is 10.8. The quantitative estimate of drug-likeness (QED) is 0.149. The van der Waals surface area contributed by atoms with Crippen LogP contribution in [0.2, 0.25) is 19.6 Å². The van der Waals surface area contributed by atoms with E-state index < -0.39 is 8.32 Å². The molecule has 0 saturated carbocycles. The van der Waals surface area contributed by atoms with Gasteiger partial charge in [-0.3, -0.25) is 4.79 Å². The van der Waals surface area contributed by atoms with Crippen molar-refractivity contribution in [3.63, 3.8) is 0 Å². The Labute approximate surface area is 158 Å². The van der Waals surface area contributed by atoms with Gasteiger partial charge in [0.05, 0.1) is 0 Å². The molecule has 3 heteroatoms. The zero-order chi connectivity index (χ0) is 18.8. The van der Waals surface area contributed by atoms with Gasteiger partial charge in [-0.05, 0) is 51.7 Å². The summed E-state index contributed by atoms with van der Waals surface area (Å²) in [6.07, 6.45) is 23.5. The largest absolute Gasteiger partial charge is 0.520 e. The number of unbranched alkanes of at least 4 members (excludes halogenated alkanes) is 12. The summed E-state index contributed by atoms with van der Waals surface area (Å²) in [7, 11) is -1.69. The van der Waals surface area contributed by atoms with Gasteiger partial charge < -0.3 is 4.43 Å². The molecule has 0 spiro atoms. The molecule has 0 saturated heterocycles. The van der Waals surface area contributed by atoms with Crippen LogP contribution >= 0.6 is 0 Å². The van der Waals surface area contributed by atoms with Crippen molar-refractivity contribution in [2.45, 2.75) is 123 Å². The molecular formula is C22H44O2Si. The molecule has 0 rings (SSSR count). The Hall–Kier alpha value is -0.573. The van der Waals surface area contributed by atoms with Crippen molar-refractivity contribution >= 4 is 14.3 Å². The summed E-state index contributed by atoms with van der Waals surface area (Å²) in [5.41, 5.74) is 0. The SMILES string of the molecule is CCCCCCCC/C=C\CCCCCCCCC(=O)O[Si](C)(C)C. The van der Waals surface area contributed by atoms with Crippen LogP contribution in [0.3, 0.4) is 0 Å². The standard InChI is InChI=1S/C22H44O2Si/c1-5-6-7-8-9-10-11-12-13-14-15-16-17-18-19-20-21-22(23)24-25(2,3)4/h12-13H,5-11,14-21H2,1-4H3/b13-12-. The second-order valence-corrected chi connectivity index (χ2v) is 12.7. The molecule has 0 aliphatic rings. The van der Waals surface area contributed by atoms with Crippen LogP contribution in [-0.4, -0.2) is 14.3 Å². The first-order chi connectivity index (χ1) is 12.0. The maximum Gasteiger partial charge on any atom is 0.292 e. The minimum absolute atomic E-state index is 0.00895. The van der Waals surface area contributed by atoms with Crippen molar-refractivity contribution in [1.29, 1.82) is 0 Å². The molecule has 0 aliphatic carbocycles. The molecule has 148 valence electrons. The average molecular weight is 369 g/mol. The van der Waals surface area contributed by atoms with E-state index in [-0.39, 0.29) is 5.97 Å². The van der Waals surface area contributed by atoms with Gasteiger partial charge in [0, 0.05) is 6.42 Å². The molecule has 0 amide bonds. The molecule has 0 heterocycles. The van der Waals surface area contributed by atoms with Gasteiger partial charge in [0.15, 0.2) is 0 Å². The third-order valence-corrected chi connectivity index (χ3v) is 5.15. The van der Waals surface area contributed by atoms with E-state index in [1.54, 1.807) is 0 Å². The van der Waals surface area contributed by atoms with E-state index in [0.717, 1.165) is 12.8 Å². The molecule has 0 aromatic rings. The normalized spacial score (nSPS) is 12.0.